The van der Waals surface area contributed by atoms with Gasteiger partial charge in [-0.2, -0.15) is 0 Å². The van der Waals surface area contributed by atoms with Gasteiger partial charge in [-0.15, -0.1) is 0 Å². The molecular formula is C15H23N3O2. The van der Waals surface area contributed by atoms with Crippen LogP contribution in [0, 0.1) is 0 Å². The Labute approximate surface area is 120 Å². The highest BCUT2D eigenvalue weighted by Crippen LogP contribution is 2.24. The SMILES string of the molecule is COC1CCN(C(=O)c2ccc(N(C)C)c(N)c2)CC1. The molecule has 0 aromatic heterocycles. The van der Waals surface area contributed by atoms with Gasteiger partial charge in [-0.1, -0.05) is 0 Å². The Morgan fingerprint density at radius 2 is 2.00 bits per heavy atom. The minimum Gasteiger partial charge on any atom is -0.397 e. The summed E-state index contributed by atoms with van der Waals surface area (Å²) < 4.78 is 5.32. The predicted molar refractivity (Wildman–Crippen MR) is 81.1 cm³/mol. The molecule has 1 aromatic rings. The van der Waals surface area contributed by atoms with Crippen molar-refractivity contribution >= 4 is 17.3 Å². The molecule has 1 fully saturated rings. The number of carbonyl (C=O) groups excluding carboxylic acids is 1. The Morgan fingerprint density at radius 3 is 2.50 bits per heavy atom. The van der Waals surface area contributed by atoms with Crippen LogP contribution in [0.15, 0.2) is 18.2 Å². The van der Waals surface area contributed by atoms with Crippen molar-refractivity contribution in [1.29, 1.82) is 0 Å². The van der Waals surface area contributed by atoms with Gasteiger partial charge in [0.15, 0.2) is 0 Å². The second-order valence-corrected chi connectivity index (χ2v) is 5.40. The number of nitrogens with two attached hydrogens (primary N) is 1. The third-order valence-electron chi connectivity index (χ3n) is 3.82. The van der Waals surface area contributed by atoms with E-state index in [4.69, 9.17) is 10.5 Å². The van der Waals surface area contributed by atoms with E-state index < -0.39 is 0 Å². The molecule has 110 valence electrons. The molecule has 5 heteroatoms. The lowest BCUT2D eigenvalue weighted by Gasteiger charge is -2.31. The van der Waals surface area contributed by atoms with E-state index in [1.54, 1.807) is 13.2 Å². The first-order valence-corrected chi connectivity index (χ1v) is 6.92. The number of amides is 1. The van der Waals surface area contributed by atoms with Crippen molar-refractivity contribution in [3.63, 3.8) is 0 Å². The fourth-order valence-electron chi connectivity index (χ4n) is 2.57. The van der Waals surface area contributed by atoms with Crippen LogP contribution in [0.3, 0.4) is 0 Å². The molecule has 5 nitrogen and oxygen atoms in total. The maximum absolute atomic E-state index is 12.4. The number of benzene rings is 1. The number of rotatable bonds is 3. The first-order chi connectivity index (χ1) is 9.52. The van der Waals surface area contributed by atoms with Crippen molar-refractivity contribution in [2.45, 2.75) is 18.9 Å². The molecule has 0 spiro atoms. The number of ether oxygens (including phenoxy) is 1. The molecular weight excluding hydrogens is 254 g/mol. The quantitative estimate of drug-likeness (QED) is 0.852. The van der Waals surface area contributed by atoms with Crippen molar-refractivity contribution in [1.82, 2.24) is 4.90 Å². The van der Waals surface area contributed by atoms with Crippen LogP contribution in [0.1, 0.15) is 23.2 Å². The summed E-state index contributed by atoms with van der Waals surface area (Å²) in [7, 11) is 5.59. The number of piperidine rings is 1. The first-order valence-electron chi connectivity index (χ1n) is 6.92. The second kappa shape index (κ2) is 6.13. The molecule has 0 radical (unpaired) electrons. The van der Waals surface area contributed by atoms with Gasteiger partial charge >= 0.3 is 0 Å². The summed E-state index contributed by atoms with van der Waals surface area (Å²) in [5.41, 5.74) is 8.22. The topological polar surface area (TPSA) is 58.8 Å². The number of hydrogen-bond acceptors (Lipinski definition) is 4. The van der Waals surface area contributed by atoms with Crippen molar-refractivity contribution in [3.05, 3.63) is 23.8 Å². The molecule has 1 amide bonds. The summed E-state index contributed by atoms with van der Waals surface area (Å²) in [6.07, 6.45) is 2.07. The largest absolute Gasteiger partial charge is 0.397 e. The molecule has 0 unspecified atom stereocenters. The molecule has 20 heavy (non-hydrogen) atoms. The van der Waals surface area contributed by atoms with E-state index in [1.165, 1.54) is 0 Å². The average molecular weight is 277 g/mol. The van der Waals surface area contributed by atoms with Crippen LogP contribution in [0.25, 0.3) is 0 Å². The summed E-state index contributed by atoms with van der Waals surface area (Å²) in [5, 5.41) is 0. The molecule has 0 aliphatic carbocycles. The van der Waals surface area contributed by atoms with Gasteiger partial charge in [0.2, 0.25) is 0 Å². The molecule has 0 saturated carbocycles. The number of anilines is 2. The van der Waals surface area contributed by atoms with E-state index in [-0.39, 0.29) is 12.0 Å². The number of methoxy groups -OCH3 is 1. The molecule has 1 aromatic carbocycles. The van der Waals surface area contributed by atoms with E-state index in [0.29, 0.717) is 11.3 Å². The number of nitrogens with zero attached hydrogens (tertiary/aromatic N) is 2. The molecule has 0 bridgehead atoms. The summed E-state index contributed by atoms with van der Waals surface area (Å²) in [6, 6.07) is 5.50. The summed E-state index contributed by atoms with van der Waals surface area (Å²) in [5.74, 6) is 0.0524. The number of likely N-dealkylation sites (tertiary alicyclic amines) is 1. The van der Waals surface area contributed by atoms with E-state index in [9.17, 15) is 4.79 Å². The third-order valence-corrected chi connectivity index (χ3v) is 3.82. The minimum absolute atomic E-state index is 0.0524. The number of carbonyl (C=O) groups is 1. The van der Waals surface area contributed by atoms with Crippen molar-refractivity contribution < 1.29 is 9.53 Å². The normalized spacial score (nSPS) is 16.2. The zero-order chi connectivity index (χ0) is 14.7. The number of hydrogen-bond donors (Lipinski definition) is 1. The van der Waals surface area contributed by atoms with Crippen molar-refractivity contribution in [2.75, 3.05) is 44.9 Å². The van der Waals surface area contributed by atoms with Crippen LogP contribution in [0.4, 0.5) is 11.4 Å². The minimum atomic E-state index is 0.0524. The molecule has 1 aliphatic rings. The van der Waals surface area contributed by atoms with E-state index in [1.807, 2.05) is 36.0 Å². The van der Waals surface area contributed by atoms with E-state index in [2.05, 4.69) is 0 Å². The van der Waals surface area contributed by atoms with Crippen molar-refractivity contribution in [3.8, 4) is 0 Å². The van der Waals surface area contributed by atoms with Gasteiger partial charge < -0.3 is 20.3 Å². The molecule has 0 atom stereocenters. The van der Waals surface area contributed by atoms with Gasteiger partial charge in [-0.3, -0.25) is 4.79 Å². The van der Waals surface area contributed by atoms with E-state index in [0.717, 1.165) is 31.6 Å². The maximum Gasteiger partial charge on any atom is 0.253 e. The Kier molecular flexibility index (Phi) is 4.49. The summed E-state index contributed by atoms with van der Waals surface area (Å²) in [6.45, 7) is 1.49. The zero-order valence-electron chi connectivity index (χ0n) is 12.4. The van der Waals surface area contributed by atoms with Gasteiger partial charge in [-0.05, 0) is 31.0 Å². The lowest BCUT2D eigenvalue weighted by molar-refractivity contribution is 0.0351. The summed E-state index contributed by atoms with van der Waals surface area (Å²) >= 11 is 0. The standard InChI is InChI=1S/C15H23N3O2/c1-17(2)14-5-4-11(10-13(14)16)15(19)18-8-6-12(20-3)7-9-18/h4-5,10,12H,6-9,16H2,1-3H3. The fraction of sp³-hybridized carbons (Fsp3) is 0.533. The van der Waals surface area contributed by atoms with Crippen LogP contribution in [0.5, 0.6) is 0 Å². The van der Waals surface area contributed by atoms with Gasteiger partial charge in [0.1, 0.15) is 0 Å². The molecule has 1 aliphatic heterocycles. The van der Waals surface area contributed by atoms with Gasteiger partial charge in [0.05, 0.1) is 17.5 Å². The molecule has 1 saturated heterocycles. The van der Waals surface area contributed by atoms with Crippen LogP contribution < -0.4 is 10.6 Å². The molecule has 2 rings (SSSR count). The average Bonchev–Trinajstić information content (AvgIpc) is 2.46. The molecule has 2 N–H and O–H groups in total. The Hall–Kier alpha value is -1.75. The highest BCUT2D eigenvalue weighted by Gasteiger charge is 2.23. The Bertz CT molecular complexity index is 480. The maximum atomic E-state index is 12.4. The first kappa shape index (κ1) is 14.7. The van der Waals surface area contributed by atoms with Gasteiger partial charge in [0, 0.05) is 39.9 Å². The van der Waals surface area contributed by atoms with E-state index >= 15 is 0 Å². The lowest BCUT2D eigenvalue weighted by Crippen LogP contribution is -2.40. The van der Waals surface area contributed by atoms with Gasteiger partial charge in [-0.25, -0.2) is 0 Å². The highest BCUT2D eigenvalue weighted by atomic mass is 16.5. The monoisotopic (exact) mass is 277 g/mol. The Balaban J connectivity index is 2.08. The zero-order valence-corrected chi connectivity index (χ0v) is 12.4. The second-order valence-electron chi connectivity index (χ2n) is 5.40. The highest BCUT2D eigenvalue weighted by molar-refractivity contribution is 5.96. The van der Waals surface area contributed by atoms with Crippen LogP contribution >= 0.6 is 0 Å². The smallest absolute Gasteiger partial charge is 0.253 e. The van der Waals surface area contributed by atoms with Crippen molar-refractivity contribution in [2.24, 2.45) is 0 Å². The van der Waals surface area contributed by atoms with Crippen LogP contribution in [-0.4, -0.2) is 51.2 Å². The van der Waals surface area contributed by atoms with Crippen LogP contribution in [0.2, 0.25) is 0 Å². The lowest BCUT2D eigenvalue weighted by atomic mass is 10.1. The predicted octanol–water partition coefficient (Wildman–Crippen LogP) is 1.59. The fourth-order valence-corrected chi connectivity index (χ4v) is 2.57. The Morgan fingerprint density at radius 1 is 1.35 bits per heavy atom. The third kappa shape index (κ3) is 3.04. The van der Waals surface area contributed by atoms with Gasteiger partial charge in [0.25, 0.3) is 5.91 Å². The van der Waals surface area contributed by atoms with Crippen LogP contribution in [-0.2, 0) is 4.74 Å². The summed E-state index contributed by atoms with van der Waals surface area (Å²) in [4.78, 5) is 16.3. The molecule has 1 heterocycles. The number of nitrogen functional groups attached to an aromatic ring is 1.